The Morgan fingerprint density at radius 2 is 1.18 bits per heavy atom. The fourth-order valence-corrected chi connectivity index (χ4v) is 6.38. The van der Waals surface area contributed by atoms with Crippen LogP contribution >= 0.6 is 0 Å². The van der Waals surface area contributed by atoms with Crippen LogP contribution in [-0.2, 0) is 14.3 Å². The van der Waals surface area contributed by atoms with Crippen molar-refractivity contribution in [3.63, 3.8) is 0 Å². The van der Waals surface area contributed by atoms with Crippen molar-refractivity contribution in [2.45, 2.75) is 217 Å². The number of aliphatic hydroxyl groups excluding tert-OH is 7. The van der Waals surface area contributed by atoms with Crippen LogP contribution in [0, 0.1) is 0 Å². The summed E-state index contributed by atoms with van der Waals surface area (Å²) in [7, 11) is 0. The first kappa shape index (κ1) is 46.9. The van der Waals surface area contributed by atoms with Crippen LogP contribution in [0.1, 0.15) is 162 Å². The molecule has 0 aromatic carbocycles. The number of amides is 1. The molecule has 50 heavy (non-hydrogen) atoms. The van der Waals surface area contributed by atoms with Gasteiger partial charge in [-0.3, -0.25) is 4.79 Å². The van der Waals surface area contributed by atoms with E-state index in [1.165, 1.54) is 89.9 Å². The lowest BCUT2D eigenvalue weighted by molar-refractivity contribution is -0.303. The third-order valence-corrected chi connectivity index (χ3v) is 9.83. The molecule has 9 unspecified atom stereocenters. The van der Waals surface area contributed by atoms with E-state index < -0.39 is 74.2 Å². The molecule has 1 aliphatic rings. The van der Waals surface area contributed by atoms with Crippen LogP contribution in [0.4, 0.5) is 0 Å². The van der Waals surface area contributed by atoms with E-state index in [0.717, 1.165) is 32.1 Å². The summed E-state index contributed by atoms with van der Waals surface area (Å²) in [6, 6.07) is -1.18. The van der Waals surface area contributed by atoms with Gasteiger partial charge in [0.1, 0.15) is 36.6 Å². The zero-order chi connectivity index (χ0) is 37.0. The van der Waals surface area contributed by atoms with Gasteiger partial charge >= 0.3 is 0 Å². The molecular weight excluding hydrogens is 642 g/mol. The minimum atomic E-state index is -1.66. The van der Waals surface area contributed by atoms with E-state index in [0.29, 0.717) is 19.3 Å². The topological polar surface area (TPSA) is 189 Å². The third-order valence-electron chi connectivity index (χ3n) is 9.83. The van der Waals surface area contributed by atoms with E-state index in [-0.39, 0.29) is 6.42 Å². The largest absolute Gasteiger partial charge is 0.394 e. The first-order valence-electron chi connectivity index (χ1n) is 20.1. The molecular formula is C39H75NO10. The fourth-order valence-electron chi connectivity index (χ4n) is 6.38. The van der Waals surface area contributed by atoms with Crippen molar-refractivity contribution < 1.29 is 50.0 Å². The van der Waals surface area contributed by atoms with Gasteiger partial charge in [0.2, 0.25) is 5.91 Å². The first-order valence-corrected chi connectivity index (χ1v) is 20.1. The van der Waals surface area contributed by atoms with Gasteiger partial charge in [-0.2, -0.15) is 0 Å². The van der Waals surface area contributed by atoms with Crippen LogP contribution in [0.3, 0.4) is 0 Å². The standard InChI is InChI=1S/C39H75NO10/c1-3-5-7-9-11-13-14-15-16-17-18-19-21-22-24-26-31(42)34(44)30(29-49-39-37(47)36(46)35(45)33(28-41)50-39)40-38(48)32(43)27-25-23-20-12-10-8-6-4-2/h20,23,30-37,39,41-47H,3-19,21-22,24-29H2,1-2H3,(H,40,48)/b23-20-. The van der Waals surface area contributed by atoms with E-state index in [1.807, 2.05) is 6.08 Å². The van der Waals surface area contributed by atoms with Crippen molar-refractivity contribution in [2.75, 3.05) is 13.2 Å². The molecule has 0 saturated carbocycles. The van der Waals surface area contributed by atoms with Crippen molar-refractivity contribution in [2.24, 2.45) is 0 Å². The fraction of sp³-hybridized carbons (Fsp3) is 0.923. The minimum Gasteiger partial charge on any atom is -0.394 e. The maximum atomic E-state index is 12.9. The van der Waals surface area contributed by atoms with Crippen LogP contribution < -0.4 is 5.32 Å². The molecule has 0 aromatic rings. The second-order valence-electron chi connectivity index (χ2n) is 14.4. The van der Waals surface area contributed by atoms with Gasteiger partial charge in [-0.15, -0.1) is 0 Å². The monoisotopic (exact) mass is 718 g/mol. The normalized spacial score (nSPS) is 23.6. The Bertz CT molecular complexity index is 831. The Balaban J connectivity index is 2.53. The number of rotatable bonds is 32. The highest BCUT2D eigenvalue weighted by molar-refractivity contribution is 5.80. The average Bonchev–Trinajstić information content (AvgIpc) is 3.11. The molecule has 0 aliphatic carbocycles. The zero-order valence-corrected chi connectivity index (χ0v) is 31.4. The number of ether oxygens (including phenoxy) is 2. The van der Waals surface area contributed by atoms with Gasteiger partial charge in [-0.25, -0.2) is 0 Å². The maximum absolute atomic E-state index is 12.9. The number of nitrogens with one attached hydrogen (secondary N) is 1. The smallest absolute Gasteiger partial charge is 0.249 e. The third kappa shape index (κ3) is 20.8. The Labute approximate surface area is 302 Å². The van der Waals surface area contributed by atoms with Gasteiger partial charge in [0.15, 0.2) is 6.29 Å². The molecule has 0 radical (unpaired) electrons. The molecule has 1 saturated heterocycles. The number of allylic oxidation sites excluding steroid dienone is 2. The lowest BCUT2D eigenvalue weighted by Crippen LogP contribution is -2.60. The van der Waals surface area contributed by atoms with Gasteiger partial charge in [0, 0.05) is 0 Å². The van der Waals surface area contributed by atoms with Crippen LogP contribution in [-0.4, -0.2) is 110 Å². The van der Waals surface area contributed by atoms with Gasteiger partial charge in [0.05, 0.1) is 25.4 Å². The second kappa shape index (κ2) is 30.3. The van der Waals surface area contributed by atoms with Gasteiger partial charge in [0.25, 0.3) is 0 Å². The summed E-state index contributed by atoms with van der Waals surface area (Å²) in [5.41, 5.74) is 0. The zero-order valence-electron chi connectivity index (χ0n) is 31.4. The number of carbonyl (C=O) groups is 1. The molecule has 8 N–H and O–H groups in total. The predicted octanol–water partition coefficient (Wildman–Crippen LogP) is 4.94. The Morgan fingerprint density at radius 3 is 1.72 bits per heavy atom. The van der Waals surface area contributed by atoms with Crippen molar-refractivity contribution in [1.29, 1.82) is 0 Å². The number of unbranched alkanes of at least 4 members (excludes halogenated alkanes) is 18. The predicted molar refractivity (Wildman–Crippen MR) is 196 cm³/mol. The Hall–Kier alpha value is -1.15. The summed E-state index contributed by atoms with van der Waals surface area (Å²) in [4.78, 5) is 12.9. The summed E-state index contributed by atoms with van der Waals surface area (Å²) in [5.74, 6) is -0.734. The molecule has 1 amide bonds. The molecule has 0 spiro atoms. The number of carbonyl (C=O) groups excluding carboxylic acids is 1. The quantitative estimate of drug-likeness (QED) is 0.0350. The first-order chi connectivity index (χ1) is 24.2. The van der Waals surface area contributed by atoms with Crippen LogP contribution in [0.15, 0.2) is 12.2 Å². The van der Waals surface area contributed by atoms with Crippen LogP contribution in [0.25, 0.3) is 0 Å². The van der Waals surface area contributed by atoms with Gasteiger partial charge < -0.3 is 50.5 Å². The molecule has 296 valence electrons. The highest BCUT2D eigenvalue weighted by Crippen LogP contribution is 2.23. The minimum absolute atomic E-state index is 0.176. The Morgan fingerprint density at radius 1 is 0.680 bits per heavy atom. The number of hydrogen-bond acceptors (Lipinski definition) is 10. The van der Waals surface area contributed by atoms with E-state index >= 15 is 0 Å². The molecule has 1 heterocycles. The molecule has 0 aromatic heterocycles. The lowest BCUT2D eigenvalue weighted by atomic mass is 9.98. The highest BCUT2D eigenvalue weighted by Gasteiger charge is 2.44. The molecule has 9 atom stereocenters. The van der Waals surface area contributed by atoms with Gasteiger partial charge in [-0.05, 0) is 32.1 Å². The van der Waals surface area contributed by atoms with E-state index in [1.54, 1.807) is 0 Å². The molecule has 1 fully saturated rings. The number of aliphatic hydroxyl groups is 7. The van der Waals surface area contributed by atoms with Crippen molar-refractivity contribution in [1.82, 2.24) is 5.32 Å². The number of hydrogen-bond donors (Lipinski definition) is 8. The van der Waals surface area contributed by atoms with Crippen molar-refractivity contribution >= 4 is 5.91 Å². The molecule has 11 heteroatoms. The maximum Gasteiger partial charge on any atom is 0.249 e. The second-order valence-corrected chi connectivity index (χ2v) is 14.4. The van der Waals surface area contributed by atoms with Gasteiger partial charge in [-0.1, -0.05) is 142 Å². The van der Waals surface area contributed by atoms with E-state index in [9.17, 15) is 40.5 Å². The summed E-state index contributed by atoms with van der Waals surface area (Å²) < 4.78 is 11.0. The van der Waals surface area contributed by atoms with Crippen LogP contribution in [0.5, 0.6) is 0 Å². The van der Waals surface area contributed by atoms with E-state index in [2.05, 4.69) is 25.2 Å². The van der Waals surface area contributed by atoms with E-state index in [4.69, 9.17) is 9.47 Å². The summed E-state index contributed by atoms with van der Waals surface area (Å²) in [6.45, 7) is 3.34. The lowest BCUT2D eigenvalue weighted by Gasteiger charge is -2.40. The summed E-state index contributed by atoms with van der Waals surface area (Å²) in [6.07, 6.45) is 17.3. The Kier molecular flexibility index (Phi) is 28.4. The summed E-state index contributed by atoms with van der Waals surface area (Å²) >= 11 is 0. The molecule has 1 aliphatic heterocycles. The van der Waals surface area contributed by atoms with Crippen molar-refractivity contribution in [3.05, 3.63) is 12.2 Å². The molecule has 0 bridgehead atoms. The molecule has 11 nitrogen and oxygen atoms in total. The highest BCUT2D eigenvalue weighted by atomic mass is 16.7. The SMILES string of the molecule is CCCCCC/C=C\CCC(O)C(=O)NC(COC1OC(CO)C(O)C(O)C1O)C(O)C(O)CCCCCCCCCCCCCCCCC. The average molecular weight is 718 g/mol. The summed E-state index contributed by atoms with van der Waals surface area (Å²) in [5, 5.41) is 75.1. The molecule has 1 rings (SSSR count). The van der Waals surface area contributed by atoms with Crippen LogP contribution in [0.2, 0.25) is 0 Å². The van der Waals surface area contributed by atoms with Crippen molar-refractivity contribution in [3.8, 4) is 0 Å².